The molecule has 7 nitrogen and oxygen atoms in total. The molecule has 1 aromatic heterocycles. The van der Waals surface area contributed by atoms with Crippen LogP contribution in [0.3, 0.4) is 0 Å². The van der Waals surface area contributed by atoms with Crippen molar-refractivity contribution in [3.8, 4) is 5.69 Å². The lowest BCUT2D eigenvalue weighted by Gasteiger charge is -2.04. The monoisotopic (exact) mass is 274 g/mol. The first-order valence-electron chi connectivity index (χ1n) is 6.33. The van der Waals surface area contributed by atoms with Crippen LogP contribution in [-0.4, -0.2) is 27.9 Å². The molecule has 104 valence electrons. The highest BCUT2D eigenvalue weighted by atomic mass is 16.6. The van der Waals surface area contributed by atoms with Gasteiger partial charge in [0, 0.05) is 18.6 Å². The summed E-state index contributed by atoms with van der Waals surface area (Å²) in [7, 11) is 0. The van der Waals surface area contributed by atoms with Gasteiger partial charge >= 0.3 is 0 Å². The van der Waals surface area contributed by atoms with Gasteiger partial charge in [0.1, 0.15) is 5.69 Å². The summed E-state index contributed by atoms with van der Waals surface area (Å²) in [5.74, 6) is 0.166. The molecule has 0 amide bonds. The number of nitrogen functional groups attached to an aromatic ring is 1. The molecule has 1 saturated heterocycles. The number of para-hydroxylation sites is 2. The fourth-order valence-corrected chi connectivity index (χ4v) is 2.40. The number of hydrogen-bond acceptors (Lipinski definition) is 5. The topological polar surface area (TPSA) is 96.2 Å². The molecule has 0 bridgehead atoms. The van der Waals surface area contributed by atoms with Gasteiger partial charge in [-0.25, -0.2) is 4.68 Å². The van der Waals surface area contributed by atoms with Crippen LogP contribution in [-0.2, 0) is 4.74 Å². The predicted octanol–water partition coefficient (Wildman–Crippen LogP) is 1.87. The Hall–Kier alpha value is -2.41. The van der Waals surface area contributed by atoms with Crippen molar-refractivity contribution in [1.82, 2.24) is 9.78 Å². The Labute approximate surface area is 115 Å². The lowest BCUT2D eigenvalue weighted by atomic mass is 10.0. The number of anilines is 1. The predicted molar refractivity (Wildman–Crippen MR) is 72.8 cm³/mol. The maximum atomic E-state index is 11.1. The number of nitro groups is 1. The Kier molecular flexibility index (Phi) is 3.11. The van der Waals surface area contributed by atoms with E-state index in [2.05, 4.69) is 5.10 Å². The first-order valence-corrected chi connectivity index (χ1v) is 6.33. The van der Waals surface area contributed by atoms with E-state index in [0.29, 0.717) is 24.6 Å². The Bertz CT molecular complexity index is 647. The third kappa shape index (κ3) is 2.12. The number of hydrogen-bond donors (Lipinski definition) is 1. The second-order valence-electron chi connectivity index (χ2n) is 4.72. The Morgan fingerprint density at radius 1 is 1.45 bits per heavy atom. The van der Waals surface area contributed by atoms with E-state index in [0.717, 1.165) is 12.1 Å². The summed E-state index contributed by atoms with van der Waals surface area (Å²) in [5, 5.41) is 15.5. The van der Waals surface area contributed by atoms with Crippen LogP contribution in [0.5, 0.6) is 0 Å². The molecule has 0 spiro atoms. The Balaban J connectivity index is 2.03. The third-order valence-electron chi connectivity index (χ3n) is 3.41. The zero-order valence-electron chi connectivity index (χ0n) is 10.7. The maximum Gasteiger partial charge on any atom is 0.294 e. The van der Waals surface area contributed by atoms with Crippen LogP contribution in [0.15, 0.2) is 30.5 Å². The lowest BCUT2D eigenvalue weighted by Crippen LogP contribution is -2.04. The normalized spacial score (nSPS) is 18.3. The van der Waals surface area contributed by atoms with Crippen LogP contribution in [0.2, 0.25) is 0 Å². The van der Waals surface area contributed by atoms with Crippen LogP contribution < -0.4 is 5.73 Å². The quantitative estimate of drug-likeness (QED) is 0.680. The van der Waals surface area contributed by atoms with Crippen molar-refractivity contribution in [2.45, 2.75) is 12.3 Å². The lowest BCUT2D eigenvalue weighted by molar-refractivity contribution is -0.384. The van der Waals surface area contributed by atoms with Crippen molar-refractivity contribution in [3.05, 3.63) is 46.3 Å². The van der Waals surface area contributed by atoms with Gasteiger partial charge in [0.2, 0.25) is 0 Å². The summed E-state index contributed by atoms with van der Waals surface area (Å²) in [4.78, 5) is 10.6. The minimum Gasteiger partial charge on any atom is -0.396 e. The van der Waals surface area contributed by atoms with Crippen molar-refractivity contribution < 1.29 is 9.66 Å². The first-order chi connectivity index (χ1) is 9.66. The van der Waals surface area contributed by atoms with Crippen LogP contribution in [0.25, 0.3) is 5.69 Å². The van der Waals surface area contributed by atoms with Crippen LogP contribution in [0.4, 0.5) is 11.4 Å². The van der Waals surface area contributed by atoms with E-state index in [9.17, 15) is 10.1 Å². The van der Waals surface area contributed by atoms with E-state index in [1.807, 2.05) is 0 Å². The van der Waals surface area contributed by atoms with E-state index >= 15 is 0 Å². The molecular weight excluding hydrogens is 260 g/mol. The van der Waals surface area contributed by atoms with Crippen molar-refractivity contribution in [3.63, 3.8) is 0 Å². The molecule has 1 unspecified atom stereocenters. The van der Waals surface area contributed by atoms with Gasteiger partial charge in [0.25, 0.3) is 5.69 Å². The van der Waals surface area contributed by atoms with Crippen molar-refractivity contribution >= 4 is 11.4 Å². The van der Waals surface area contributed by atoms with Gasteiger partial charge in [-0.3, -0.25) is 10.1 Å². The fourth-order valence-electron chi connectivity index (χ4n) is 2.40. The van der Waals surface area contributed by atoms with Crippen LogP contribution >= 0.6 is 0 Å². The van der Waals surface area contributed by atoms with Gasteiger partial charge in [-0.15, -0.1) is 0 Å². The average molecular weight is 274 g/mol. The second kappa shape index (κ2) is 4.93. The molecule has 1 fully saturated rings. The van der Waals surface area contributed by atoms with Gasteiger partial charge in [0.05, 0.1) is 29.1 Å². The Morgan fingerprint density at radius 2 is 2.25 bits per heavy atom. The summed E-state index contributed by atoms with van der Waals surface area (Å²) in [6.07, 6.45) is 2.49. The van der Waals surface area contributed by atoms with Crippen LogP contribution in [0.1, 0.15) is 18.0 Å². The Morgan fingerprint density at radius 3 is 2.95 bits per heavy atom. The second-order valence-corrected chi connectivity index (χ2v) is 4.72. The van der Waals surface area contributed by atoms with Gasteiger partial charge in [0.15, 0.2) is 0 Å². The van der Waals surface area contributed by atoms with E-state index in [4.69, 9.17) is 10.5 Å². The van der Waals surface area contributed by atoms with E-state index in [1.54, 1.807) is 24.4 Å². The largest absolute Gasteiger partial charge is 0.396 e. The molecule has 2 heterocycles. The van der Waals surface area contributed by atoms with E-state index < -0.39 is 4.92 Å². The highest BCUT2D eigenvalue weighted by molar-refractivity contribution is 5.54. The standard InChI is InChI=1S/C13H14N4O3/c14-10-7-16(15-13(10)9-5-6-20-8-9)11-3-1-2-4-12(11)17(18)19/h1-4,7,9H,5-6,8,14H2. The number of nitrogens with two attached hydrogens (primary N) is 1. The average Bonchev–Trinajstić information content (AvgIpc) is 3.07. The number of benzene rings is 1. The fraction of sp³-hybridized carbons (Fsp3) is 0.308. The summed E-state index contributed by atoms with van der Waals surface area (Å²) < 4.78 is 6.80. The molecule has 2 N–H and O–H groups in total. The zero-order chi connectivity index (χ0) is 14.1. The summed E-state index contributed by atoms with van der Waals surface area (Å²) in [6, 6.07) is 6.46. The SMILES string of the molecule is Nc1cn(-c2ccccc2[N+](=O)[O-])nc1C1CCOC1. The molecular formula is C13H14N4O3. The number of nitro benzene ring substituents is 1. The minimum atomic E-state index is -0.425. The van der Waals surface area contributed by atoms with Gasteiger partial charge in [-0.05, 0) is 12.5 Å². The van der Waals surface area contributed by atoms with E-state index in [-0.39, 0.29) is 11.6 Å². The minimum absolute atomic E-state index is 0.00391. The number of rotatable bonds is 3. The molecule has 20 heavy (non-hydrogen) atoms. The zero-order valence-corrected chi connectivity index (χ0v) is 10.7. The van der Waals surface area contributed by atoms with Gasteiger partial charge < -0.3 is 10.5 Å². The van der Waals surface area contributed by atoms with Gasteiger partial charge in [-0.2, -0.15) is 5.10 Å². The van der Waals surface area contributed by atoms with Crippen molar-refractivity contribution in [1.29, 1.82) is 0 Å². The molecule has 1 aromatic carbocycles. The van der Waals surface area contributed by atoms with Crippen molar-refractivity contribution in [2.24, 2.45) is 0 Å². The molecule has 1 aliphatic heterocycles. The highest BCUT2D eigenvalue weighted by Crippen LogP contribution is 2.30. The maximum absolute atomic E-state index is 11.1. The number of ether oxygens (including phenoxy) is 1. The molecule has 1 aliphatic rings. The third-order valence-corrected chi connectivity index (χ3v) is 3.41. The molecule has 0 aliphatic carbocycles. The van der Waals surface area contributed by atoms with E-state index in [1.165, 1.54) is 10.7 Å². The smallest absolute Gasteiger partial charge is 0.294 e. The molecule has 3 rings (SSSR count). The summed E-state index contributed by atoms with van der Waals surface area (Å²) >= 11 is 0. The first kappa shape index (κ1) is 12.6. The summed E-state index contributed by atoms with van der Waals surface area (Å²) in [6.45, 7) is 1.29. The number of aromatic nitrogens is 2. The van der Waals surface area contributed by atoms with Crippen LogP contribution in [0, 0.1) is 10.1 Å². The summed E-state index contributed by atoms with van der Waals surface area (Å²) in [5.41, 5.74) is 7.68. The number of nitrogens with zero attached hydrogens (tertiary/aromatic N) is 3. The van der Waals surface area contributed by atoms with Gasteiger partial charge in [-0.1, -0.05) is 12.1 Å². The molecule has 7 heteroatoms. The molecule has 1 atom stereocenters. The molecule has 0 radical (unpaired) electrons. The van der Waals surface area contributed by atoms with Crippen molar-refractivity contribution in [2.75, 3.05) is 18.9 Å². The molecule has 0 saturated carbocycles. The highest BCUT2D eigenvalue weighted by Gasteiger charge is 2.24. The molecule has 2 aromatic rings.